The van der Waals surface area contributed by atoms with Gasteiger partial charge in [-0.2, -0.15) is 0 Å². The molecule has 5 heteroatoms. The summed E-state index contributed by atoms with van der Waals surface area (Å²) < 4.78 is 10.0. The molecule has 0 saturated heterocycles. The number of hydrogen-bond donors (Lipinski definition) is 1. The van der Waals surface area contributed by atoms with Gasteiger partial charge in [0, 0.05) is 20.8 Å². The minimum Gasteiger partial charge on any atom is -0.325 e. The summed E-state index contributed by atoms with van der Waals surface area (Å²) in [4.78, 5) is 2.16. The molecule has 0 aliphatic heterocycles. The van der Waals surface area contributed by atoms with E-state index in [-0.39, 0.29) is 0 Å². The van der Waals surface area contributed by atoms with Crippen molar-refractivity contribution < 1.29 is 9.05 Å². The normalized spacial score (nSPS) is 11.5. The van der Waals surface area contributed by atoms with Crippen LogP contribution in [0.2, 0.25) is 0 Å². The fraction of sp³-hybridized carbons (Fsp3) is 1.00. The van der Waals surface area contributed by atoms with Gasteiger partial charge < -0.3 is 13.9 Å². The second kappa shape index (κ2) is 7.90. The van der Waals surface area contributed by atoms with Crippen LogP contribution in [-0.4, -0.2) is 46.3 Å². The minimum atomic E-state index is -0.856. The van der Waals surface area contributed by atoms with E-state index in [1.807, 2.05) is 0 Å². The summed E-state index contributed by atoms with van der Waals surface area (Å²) in [5, 5.41) is 3.17. The highest BCUT2D eigenvalue weighted by Crippen LogP contribution is 2.29. The number of nitrogens with one attached hydrogen (secondary N) is 1. The molecule has 74 valence electrons. The minimum absolute atomic E-state index is 0.856. The third-order valence-electron chi connectivity index (χ3n) is 1.35. The molecule has 1 N–H and O–H groups in total. The van der Waals surface area contributed by atoms with Crippen molar-refractivity contribution in [3.63, 3.8) is 0 Å². The van der Waals surface area contributed by atoms with Crippen LogP contribution in [0.1, 0.15) is 6.42 Å². The molecule has 12 heavy (non-hydrogen) atoms. The van der Waals surface area contributed by atoms with Crippen molar-refractivity contribution in [1.29, 1.82) is 0 Å². The summed E-state index contributed by atoms with van der Waals surface area (Å²) >= 11 is 0. The first-order valence-electron chi connectivity index (χ1n) is 3.97. The lowest BCUT2D eigenvalue weighted by Gasteiger charge is -2.14. The Morgan fingerprint density at radius 3 is 2.25 bits per heavy atom. The molecule has 0 aromatic heterocycles. The van der Waals surface area contributed by atoms with Crippen LogP contribution in [0.3, 0.4) is 0 Å². The lowest BCUT2D eigenvalue weighted by atomic mass is 10.4. The van der Waals surface area contributed by atoms with Crippen LogP contribution >= 0.6 is 8.53 Å². The molecule has 0 spiro atoms. The smallest absolute Gasteiger partial charge is 0.255 e. The number of rotatable bonds is 7. The molecule has 0 heterocycles. The molecule has 0 aliphatic carbocycles. The first-order valence-corrected chi connectivity index (χ1v) is 5.15. The predicted molar refractivity (Wildman–Crippen MR) is 52.1 cm³/mol. The van der Waals surface area contributed by atoms with Crippen molar-refractivity contribution in [3.8, 4) is 0 Å². The van der Waals surface area contributed by atoms with Crippen LogP contribution in [0.5, 0.6) is 0 Å². The van der Waals surface area contributed by atoms with Crippen LogP contribution in [0, 0.1) is 0 Å². The standard InChI is InChI=1S/C7H19N2O2P/c1-9(2)7-5-6-8-12(10-3)11-4/h8H,5-7H2,1-4H3. The lowest BCUT2D eigenvalue weighted by Crippen LogP contribution is -2.19. The van der Waals surface area contributed by atoms with Crippen LogP contribution in [0.15, 0.2) is 0 Å². The van der Waals surface area contributed by atoms with Gasteiger partial charge in [-0.05, 0) is 27.1 Å². The van der Waals surface area contributed by atoms with E-state index in [1.54, 1.807) is 14.2 Å². The van der Waals surface area contributed by atoms with Crippen molar-refractivity contribution in [2.75, 3.05) is 41.4 Å². The Morgan fingerprint density at radius 2 is 1.83 bits per heavy atom. The van der Waals surface area contributed by atoms with E-state index in [0.29, 0.717) is 0 Å². The topological polar surface area (TPSA) is 33.7 Å². The molecule has 0 radical (unpaired) electrons. The lowest BCUT2D eigenvalue weighted by molar-refractivity contribution is 0.327. The second-order valence-corrected chi connectivity index (χ2v) is 4.25. The Balaban J connectivity index is 3.17. The predicted octanol–water partition coefficient (Wildman–Crippen LogP) is 1.05. The molecule has 0 aromatic carbocycles. The van der Waals surface area contributed by atoms with E-state index < -0.39 is 8.53 Å². The average molecular weight is 194 g/mol. The van der Waals surface area contributed by atoms with Gasteiger partial charge in [-0.3, -0.25) is 5.09 Å². The summed E-state index contributed by atoms with van der Waals surface area (Å²) in [6.45, 7) is 2.02. The van der Waals surface area contributed by atoms with E-state index in [4.69, 9.17) is 9.05 Å². The SMILES string of the molecule is COP(NCCCN(C)C)OC. The maximum Gasteiger partial charge on any atom is 0.255 e. The van der Waals surface area contributed by atoms with E-state index in [9.17, 15) is 0 Å². The fourth-order valence-electron chi connectivity index (χ4n) is 0.769. The molecular formula is C7H19N2O2P. The first kappa shape index (κ1) is 12.3. The van der Waals surface area contributed by atoms with Gasteiger partial charge in [0.25, 0.3) is 8.53 Å². The largest absolute Gasteiger partial charge is 0.325 e. The third-order valence-corrected chi connectivity index (χ3v) is 2.50. The summed E-state index contributed by atoms with van der Waals surface area (Å²) in [7, 11) is 6.57. The van der Waals surface area contributed by atoms with Crippen LogP contribution in [-0.2, 0) is 9.05 Å². The van der Waals surface area contributed by atoms with Crippen molar-refractivity contribution in [2.45, 2.75) is 6.42 Å². The number of hydrogen-bond acceptors (Lipinski definition) is 4. The summed E-state index contributed by atoms with van der Waals surface area (Å²) in [5.74, 6) is 0. The van der Waals surface area contributed by atoms with Gasteiger partial charge in [-0.1, -0.05) is 0 Å². The van der Waals surface area contributed by atoms with Crippen LogP contribution in [0.4, 0.5) is 0 Å². The van der Waals surface area contributed by atoms with Crippen molar-refractivity contribution in [3.05, 3.63) is 0 Å². The van der Waals surface area contributed by atoms with Gasteiger partial charge in [0.2, 0.25) is 0 Å². The van der Waals surface area contributed by atoms with Crippen molar-refractivity contribution >= 4 is 8.53 Å². The number of nitrogens with zero attached hydrogens (tertiary/aromatic N) is 1. The fourth-order valence-corrected chi connectivity index (χ4v) is 1.52. The van der Waals surface area contributed by atoms with Crippen molar-refractivity contribution in [1.82, 2.24) is 9.99 Å². The highest BCUT2D eigenvalue weighted by molar-refractivity contribution is 7.44. The van der Waals surface area contributed by atoms with Crippen LogP contribution < -0.4 is 5.09 Å². The summed E-state index contributed by atoms with van der Waals surface area (Å²) in [6, 6.07) is 0. The van der Waals surface area contributed by atoms with E-state index in [2.05, 4.69) is 24.1 Å². The van der Waals surface area contributed by atoms with Gasteiger partial charge in [0.15, 0.2) is 0 Å². The second-order valence-electron chi connectivity index (χ2n) is 2.69. The van der Waals surface area contributed by atoms with E-state index in [0.717, 1.165) is 19.5 Å². The zero-order valence-corrected chi connectivity index (χ0v) is 9.23. The molecule has 0 saturated carbocycles. The molecule has 0 rings (SSSR count). The molecule has 4 nitrogen and oxygen atoms in total. The average Bonchev–Trinajstić information content (AvgIpc) is 2.04. The molecule has 0 unspecified atom stereocenters. The van der Waals surface area contributed by atoms with Gasteiger partial charge in [-0.15, -0.1) is 0 Å². The monoisotopic (exact) mass is 194 g/mol. The van der Waals surface area contributed by atoms with E-state index in [1.165, 1.54) is 0 Å². The molecule has 0 aromatic rings. The quantitative estimate of drug-likeness (QED) is 0.485. The van der Waals surface area contributed by atoms with Crippen LogP contribution in [0.25, 0.3) is 0 Å². The highest BCUT2D eigenvalue weighted by atomic mass is 31.2. The molecular weight excluding hydrogens is 175 g/mol. The first-order chi connectivity index (χ1) is 5.70. The zero-order chi connectivity index (χ0) is 9.40. The van der Waals surface area contributed by atoms with Crippen molar-refractivity contribution in [2.24, 2.45) is 0 Å². The van der Waals surface area contributed by atoms with Gasteiger partial charge in [0.05, 0.1) is 0 Å². The molecule has 0 amide bonds. The maximum atomic E-state index is 5.02. The van der Waals surface area contributed by atoms with Gasteiger partial charge in [-0.25, -0.2) is 0 Å². The molecule has 0 bridgehead atoms. The Hall–Kier alpha value is 0.270. The highest BCUT2D eigenvalue weighted by Gasteiger charge is 2.03. The van der Waals surface area contributed by atoms with Gasteiger partial charge in [0.1, 0.15) is 0 Å². The van der Waals surface area contributed by atoms with Gasteiger partial charge >= 0.3 is 0 Å². The molecule has 0 atom stereocenters. The molecule has 0 fully saturated rings. The van der Waals surface area contributed by atoms with E-state index >= 15 is 0 Å². The zero-order valence-electron chi connectivity index (χ0n) is 8.33. The Labute approximate surface area is 76.2 Å². The summed E-state index contributed by atoms with van der Waals surface area (Å²) in [6.07, 6.45) is 1.11. The maximum absolute atomic E-state index is 5.02. The molecule has 0 aliphatic rings. The Bertz CT molecular complexity index is 99.4. The third kappa shape index (κ3) is 6.95. The Morgan fingerprint density at radius 1 is 1.25 bits per heavy atom. The Kier molecular flexibility index (Phi) is 8.07. The summed E-state index contributed by atoms with van der Waals surface area (Å²) in [5.41, 5.74) is 0.